The van der Waals surface area contributed by atoms with Gasteiger partial charge in [-0.05, 0) is 17.9 Å². The van der Waals surface area contributed by atoms with Crippen molar-refractivity contribution in [3.8, 4) is 0 Å². The monoisotopic (exact) mass is 205 g/mol. The SMILES string of the molecule is NC=O.c1ccc(CC2CCCC2)cc1. The van der Waals surface area contributed by atoms with E-state index in [9.17, 15) is 0 Å². The fourth-order valence-corrected chi connectivity index (χ4v) is 2.16. The summed E-state index contributed by atoms with van der Waals surface area (Å²) in [7, 11) is 0. The van der Waals surface area contributed by atoms with Gasteiger partial charge in [-0.2, -0.15) is 0 Å². The summed E-state index contributed by atoms with van der Waals surface area (Å²) in [5, 5.41) is 0. The first kappa shape index (κ1) is 11.8. The number of primary amides is 1. The van der Waals surface area contributed by atoms with Gasteiger partial charge in [0.05, 0.1) is 0 Å². The first-order chi connectivity index (χ1) is 7.36. The van der Waals surface area contributed by atoms with Crippen molar-refractivity contribution in [3.05, 3.63) is 35.9 Å². The maximum absolute atomic E-state index is 8.58. The maximum atomic E-state index is 8.58. The molecule has 2 nitrogen and oxygen atoms in total. The van der Waals surface area contributed by atoms with Gasteiger partial charge in [0.25, 0.3) is 0 Å². The molecule has 2 N–H and O–H groups in total. The second-order valence-electron chi connectivity index (χ2n) is 3.98. The van der Waals surface area contributed by atoms with Crippen molar-refractivity contribution >= 4 is 6.41 Å². The zero-order chi connectivity index (χ0) is 10.9. The Bertz CT molecular complexity index is 265. The lowest BCUT2D eigenvalue weighted by atomic mass is 9.98. The van der Waals surface area contributed by atoms with Crippen LogP contribution in [-0.4, -0.2) is 6.41 Å². The Hall–Kier alpha value is -1.31. The molecule has 0 aliphatic heterocycles. The van der Waals surface area contributed by atoms with Crippen LogP contribution < -0.4 is 5.73 Å². The minimum absolute atomic E-state index is 0.250. The number of hydrogen-bond acceptors (Lipinski definition) is 1. The molecule has 1 aliphatic carbocycles. The Labute approximate surface area is 91.5 Å². The maximum Gasteiger partial charge on any atom is 0.204 e. The highest BCUT2D eigenvalue weighted by molar-refractivity contribution is 5.42. The number of carbonyl (C=O) groups is 1. The highest BCUT2D eigenvalue weighted by atomic mass is 16.1. The summed E-state index contributed by atoms with van der Waals surface area (Å²) < 4.78 is 0. The van der Waals surface area contributed by atoms with Crippen LogP contribution in [0.15, 0.2) is 30.3 Å². The van der Waals surface area contributed by atoms with E-state index in [1.807, 2.05) is 0 Å². The molecule has 0 bridgehead atoms. The number of benzene rings is 1. The molecular weight excluding hydrogens is 186 g/mol. The topological polar surface area (TPSA) is 43.1 Å². The third-order valence-electron chi connectivity index (χ3n) is 2.84. The number of nitrogens with two attached hydrogens (primary N) is 1. The van der Waals surface area contributed by atoms with Crippen LogP contribution in [0, 0.1) is 5.92 Å². The van der Waals surface area contributed by atoms with Gasteiger partial charge in [-0.1, -0.05) is 56.0 Å². The highest BCUT2D eigenvalue weighted by Crippen LogP contribution is 2.27. The van der Waals surface area contributed by atoms with Crippen molar-refractivity contribution in [2.45, 2.75) is 32.1 Å². The van der Waals surface area contributed by atoms with E-state index in [-0.39, 0.29) is 6.41 Å². The molecule has 0 unspecified atom stereocenters. The molecule has 0 saturated heterocycles. The van der Waals surface area contributed by atoms with Crippen LogP contribution in [0.3, 0.4) is 0 Å². The summed E-state index contributed by atoms with van der Waals surface area (Å²) >= 11 is 0. The van der Waals surface area contributed by atoms with Gasteiger partial charge in [-0.15, -0.1) is 0 Å². The van der Waals surface area contributed by atoms with Crippen LogP contribution in [0.5, 0.6) is 0 Å². The fourth-order valence-electron chi connectivity index (χ4n) is 2.16. The summed E-state index contributed by atoms with van der Waals surface area (Å²) in [6.45, 7) is 0. The van der Waals surface area contributed by atoms with Crippen LogP contribution in [0.25, 0.3) is 0 Å². The molecule has 1 aromatic carbocycles. The summed E-state index contributed by atoms with van der Waals surface area (Å²) in [5.41, 5.74) is 5.68. The van der Waals surface area contributed by atoms with E-state index in [0.29, 0.717) is 0 Å². The molecule has 1 fully saturated rings. The summed E-state index contributed by atoms with van der Waals surface area (Å²) in [6.07, 6.45) is 7.37. The first-order valence-electron chi connectivity index (χ1n) is 5.56. The Balaban J connectivity index is 0.000000337. The van der Waals surface area contributed by atoms with Crippen molar-refractivity contribution in [2.75, 3.05) is 0 Å². The van der Waals surface area contributed by atoms with Gasteiger partial charge in [0.15, 0.2) is 0 Å². The third-order valence-corrected chi connectivity index (χ3v) is 2.84. The summed E-state index contributed by atoms with van der Waals surface area (Å²) in [5.74, 6) is 0.979. The first-order valence-corrected chi connectivity index (χ1v) is 5.56. The van der Waals surface area contributed by atoms with E-state index in [2.05, 4.69) is 36.1 Å². The molecule has 0 aromatic heterocycles. The molecule has 1 saturated carbocycles. The molecule has 0 radical (unpaired) electrons. The molecule has 0 heterocycles. The van der Waals surface area contributed by atoms with Gasteiger partial charge in [0.1, 0.15) is 0 Å². The minimum Gasteiger partial charge on any atom is -0.372 e. The Morgan fingerprint density at radius 3 is 2.27 bits per heavy atom. The van der Waals surface area contributed by atoms with E-state index in [0.717, 1.165) is 5.92 Å². The van der Waals surface area contributed by atoms with Gasteiger partial charge >= 0.3 is 0 Å². The highest BCUT2D eigenvalue weighted by Gasteiger charge is 2.14. The second-order valence-corrected chi connectivity index (χ2v) is 3.98. The van der Waals surface area contributed by atoms with Crippen LogP contribution in [0.4, 0.5) is 0 Å². The van der Waals surface area contributed by atoms with Gasteiger partial charge in [0, 0.05) is 0 Å². The molecule has 0 spiro atoms. The number of rotatable bonds is 2. The van der Waals surface area contributed by atoms with Crippen molar-refractivity contribution in [3.63, 3.8) is 0 Å². The largest absolute Gasteiger partial charge is 0.372 e. The van der Waals surface area contributed by atoms with Crippen molar-refractivity contribution in [2.24, 2.45) is 11.7 Å². The van der Waals surface area contributed by atoms with Crippen LogP contribution >= 0.6 is 0 Å². The molecule has 0 atom stereocenters. The van der Waals surface area contributed by atoms with Gasteiger partial charge in [-0.3, -0.25) is 4.79 Å². The predicted molar refractivity (Wildman–Crippen MR) is 62.4 cm³/mol. The van der Waals surface area contributed by atoms with Gasteiger partial charge in [-0.25, -0.2) is 0 Å². The lowest BCUT2D eigenvalue weighted by Crippen LogP contribution is -1.97. The Morgan fingerprint density at radius 1 is 1.20 bits per heavy atom. The normalized spacial score (nSPS) is 15.5. The van der Waals surface area contributed by atoms with Crippen molar-refractivity contribution in [1.82, 2.24) is 0 Å². The Morgan fingerprint density at radius 2 is 1.73 bits per heavy atom. The predicted octanol–water partition coefficient (Wildman–Crippen LogP) is 2.52. The molecule has 1 amide bonds. The average Bonchev–Trinajstić information content (AvgIpc) is 2.73. The lowest BCUT2D eigenvalue weighted by molar-refractivity contribution is -0.106. The van der Waals surface area contributed by atoms with Crippen molar-refractivity contribution < 1.29 is 4.79 Å². The Kier molecular flexibility index (Phi) is 5.52. The van der Waals surface area contributed by atoms with E-state index >= 15 is 0 Å². The molecule has 82 valence electrons. The molecule has 15 heavy (non-hydrogen) atoms. The van der Waals surface area contributed by atoms with Gasteiger partial charge in [0.2, 0.25) is 6.41 Å². The fraction of sp³-hybridized carbons (Fsp3) is 0.462. The van der Waals surface area contributed by atoms with E-state index < -0.39 is 0 Å². The molecule has 2 rings (SSSR count). The molecule has 2 heteroatoms. The van der Waals surface area contributed by atoms with Crippen LogP contribution in [0.1, 0.15) is 31.2 Å². The van der Waals surface area contributed by atoms with Crippen molar-refractivity contribution in [1.29, 1.82) is 0 Å². The van der Waals surface area contributed by atoms with E-state index in [4.69, 9.17) is 4.79 Å². The van der Waals surface area contributed by atoms with E-state index in [1.165, 1.54) is 37.7 Å². The quantitative estimate of drug-likeness (QED) is 0.741. The smallest absolute Gasteiger partial charge is 0.204 e. The molecule has 1 aliphatic rings. The standard InChI is InChI=1S/C12H16.CH3NO/c1-2-6-11(7-3-1)10-12-8-4-5-9-12;2-1-3/h1-3,6-7,12H,4-5,8-10H2;1H,(H2,2,3). The summed E-state index contributed by atoms with van der Waals surface area (Å²) in [4.78, 5) is 8.58. The van der Waals surface area contributed by atoms with E-state index in [1.54, 1.807) is 0 Å². The van der Waals surface area contributed by atoms with Crippen LogP contribution in [0.2, 0.25) is 0 Å². The molecule has 1 aromatic rings. The number of hydrogen-bond donors (Lipinski definition) is 1. The minimum atomic E-state index is 0.250. The van der Waals surface area contributed by atoms with Crippen LogP contribution in [-0.2, 0) is 11.2 Å². The third kappa shape index (κ3) is 4.63. The zero-order valence-corrected chi connectivity index (χ0v) is 9.06. The second kappa shape index (κ2) is 7.04. The number of carbonyl (C=O) groups excluding carboxylic acids is 1. The lowest BCUT2D eigenvalue weighted by Gasteiger charge is -2.07. The summed E-state index contributed by atoms with van der Waals surface area (Å²) in [6, 6.07) is 10.9. The van der Waals surface area contributed by atoms with Gasteiger partial charge < -0.3 is 5.73 Å². The molecular formula is C13H19NO. The number of amides is 1. The average molecular weight is 205 g/mol. The zero-order valence-electron chi connectivity index (χ0n) is 9.06.